The van der Waals surface area contributed by atoms with Crippen LogP contribution in [-0.2, 0) is 29.0 Å². The van der Waals surface area contributed by atoms with E-state index >= 15 is 0 Å². The first-order chi connectivity index (χ1) is 7.56. The first kappa shape index (κ1) is 10.7. The molecule has 1 aromatic rings. The van der Waals surface area contributed by atoms with E-state index in [4.69, 9.17) is 5.11 Å². The lowest BCUT2D eigenvalue weighted by molar-refractivity contribution is -0.136. The number of fused-ring (bicyclic) bond motifs is 1. The van der Waals surface area contributed by atoms with Gasteiger partial charge >= 0.3 is 5.97 Å². The molecule has 0 spiro atoms. The minimum absolute atomic E-state index is 0.0327. The van der Waals surface area contributed by atoms with Crippen LogP contribution in [0, 0.1) is 0 Å². The number of hydrogen-bond acceptors (Lipinski definition) is 2. The molecule has 0 aromatic heterocycles. The van der Waals surface area contributed by atoms with Crippen LogP contribution >= 0.6 is 0 Å². The van der Waals surface area contributed by atoms with Crippen LogP contribution in [0.5, 0.6) is 0 Å². The molecule has 16 heavy (non-hydrogen) atoms. The monoisotopic (exact) mass is 219 g/mol. The number of hydrogen-bond donors (Lipinski definition) is 1. The molecule has 1 heterocycles. The molecule has 0 aliphatic carbocycles. The average Bonchev–Trinajstić information content (AvgIpc) is 2.19. The van der Waals surface area contributed by atoms with Crippen molar-refractivity contribution in [1.82, 2.24) is 4.90 Å². The number of rotatable bonds is 2. The molecule has 4 nitrogen and oxygen atoms in total. The normalized spacial score (nSPS) is 14.8. The van der Waals surface area contributed by atoms with E-state index in [1.165, 1.54) is 0 Å². The predicted molar refractivity (Wildman–Crippen MR) is 58.0 cm³/mol. The van der Waals surface area contributed by atoms with E-state index in [9.17, 15) is 9.59 Å². The molecule has 2 rings (SSSR count). The van der Waals surface area contributed by atoms with Gasteiger partial charge in [0.2, 0.25) is 5.91 Å². The van der Waals surface area contributed by atoms with E-state index in [2.05, 4.69) is 0 Å². The van der Waals surface area contributed by atoms with Gasteiger partial charge < -0.3 is 10.0 Å². The molecular weight excluding hydrogens is 206 g/mol. The third-order valence-electron chi connectivity index (χ3n) is 2.80. The summed E-state index contributed by atoms with van der Waals surface area (Å²) in [4.78, 5) is 23.7. The Kier molecular flexibility index (Phi) is 2.64. The Hall–Kier alpha value is -1.84. The second-order valence-corrected chi connectivity index (χ2v) is 4.10. The van der Waals surface area contributed by atoms with Crippen LogP contribution in [-0.4, -0.2) is 28.9 Å². The number of likely N-dealkylation sites (N-methyl/N-ethyl adjacent to an activating group) is 1. The Morgan fingerprint density at radius 3 is 2.88 bits per heavy atom. The molecule has 0 saturated carbocycles. The number of carboxylic acids is 1. The van der Waals surface area contributed by atoms with Crippen molar-refractivity contribution in [1.29, 1.82) is 0 Å². The molecule has 0 fully saturated rings. The van der Waals surface area contributed by atoms with Crippen LogP contribution in [0.4, 0.5) is 0 Å². The number of aliphatic carboxylic acids is 1. The van der Waals surface area contributed by atoms with Crippen molar-refractivity contribution >= 4 is 11.9 Å². The Morgan fingerprint density at radius 2 is 2.19 bits per heavy atom. The van der Waals surface area contributed by atoms with Crippen molar-refractivity contribution in [3.05, 3.63) is 34.9 Å². The smallest absolute Gasteiger partial charge is 0.307 e. The summed E-state index contributed by atoms with van der Waals surface area (Å²) < 4.78 is 0. The summed E-state index contributed by atoms with van der Waals surface area (Å²) in [5, 5.41) is 8.70. The molecule has 1 aliphatic heterocycles. The van der Waals surface area contributed by atoms with Crippen molar-refractivity contribution < 1.29 is 14.7 Å². The second kappa shape index (κ2) is 3.96. The van der Waals surface area contributed by atoms with Gasteiger partial charge in [-0.2, -0.15) is 0 Å². The molecule has 0 unspecified atom stereocenters. The fraction of sp³-hybridized carbons (Fsp3) is 0.333. The Balaban J connectivity index is 2.29. The zero-order chi connectivity index (χ0) is 11.7. The van der Waals surface area contributed by atoms with Crippen LogP contribution in [0.25, 0.3) is 0 Å². The number of nitrogens with zero attached hydrogens (tertiary/aromatic N) is 1. The van der Waals surface area contributed by atoms with E-state index < -0.39 is 5.97 Å². The standard InChI is InChI=1S/C12H13NO3/c1-13-7-10-4-8(5-12(15)16)2-3-9(10)6-11(13)14/h2-4H,5-7H2,1H3,(H,15,16). The van der Waals surface area contributed by atoms with Crippen molar-refractivity contribution in [3.8, 4) is 0 Å². The minimum atomic E-state index is -0.833. The Morgan fingerprint density at radius 1 is 1.44 bits per heavy atom. The largest absolute Gasteiger partial charge is 0.481 e. The fourth-order valence-corrected chi connectivity index (χ4v) is 1.93. The quantitative estimate of drug-likeness (QED) is 0.801. The summed E-state index contributed by atoms with van der Waals surface area (Å²) in [6.45, 7) is 0.571. The first-order valence-corrected chi connectivity index (χ1v) is 5.12. The highest BCUT2D eigenvalue weighted by Gasteiger charge is 2.19. The van der Waals surface area contributed by atoms with Crippen molar-refractivity contribution in [2.24, 2.45) is 0 Å². The third-order valence-corrected chi connectivity index (χ3v) is 2.80. The number of carboxylic acid groups (broad SMARTS) is 1. The summed E-state index contributed by atoms with van der Waals surface area (Å²) >= 11 is 0. The molecule has 1 amide bonds. The summed E-state index contributed by atoms with van der Waals surface area (Å²) in [5.41, 5.74) is 2.85. The maximum absolute atomic E-state index is 11.5. The Labute approximate surface area is 93.5 Å². The summed E-state index contributed by atoms with van der Waals surface area (Å²) in [7, 11) is 1.76. The van der Waals surface area contributed by atoms with Crippen LogP contribution in [0.3, 0.4) is 0 Å². The van der Waals surface area contributed by atoms with E-state index in [1.54, 1.807) is 18.0 Å². The van der Waals surface area contributed by atoms with Crippen LogP contribution in [0.2, 0.25) is 0 Å². The maximum atomic E-state index is 11.5. The van der Waals surface area contributed by atoms with Gasteiger partial charge in [-0.05, 0) is 16.7 Å². The average molecular weight is 219 g/mol. The van der Waals surface area contributed by atoms with Gasteiger partial charge in [0.1, 0.15) is 0 Å². The zero-order valence-corrected chi connectivity index (χ0v) is 9.06. The third kappa shape index (κ3) is 2.05. The van der Waals surface area contributed by atoms with Crippen molar-refractivity contribution in [2.75, 3.05) is 7.05 Å². The van der Waals surface area contributed by atoms with Crippen molar-refractivity contribution in [2.45, 2.75) is 19.4 Å². The molecule has 1 aromatic carbocycles. The molecule has 0 atom stereocenters. The minimum Gasteiger partial charge on any atom is -0.481 e. The SMILES string of the molecule is CN1Cc2cc(CC(=O)O)ccc2CC1=O. The fourth-order valence-electron chi connectivity index (χ4n) is 1.93. The molecular formula is C12H13NO3. The van der Waals surface area contributed by atoms with Gasteiger partial charge in [-0.3, -0.25) is 9.59 Å². The second-order valence-electron chi connectivity index (χ2n) is 4.10. The van der Waals surface area contributed by atoms with E-state index in [1.807, 2.05) is 12.1 Å². The van der Waals surface area contributed by atoms with Gasteiger partial charge in [0, 0.05) is 13.6 Å². The molecule has 1 aliphatic rings. The number of carbonyl (C=O) groups excluding carboxylic acids is 1. The van der Waals surface area contributed by atoms with Gasteiger partial charge in [0.05, 0.1) is 12.8 Å². The molecule has 1 N–H and O–H groups in total. The lowest BCUT2D eigenvalue weighted by Crippen LogP contribution is -2.32. The maximum Gasteiger partial charge on any atom is 0.307 e. The van der Waals surface area contributed by atoms with Gasteiger partial charge in [-0.1, -0.05) is 18.2 Å². The molecule has 0 bridgehead atoms. The van der Waals surface area contributed by atoms with Gasteiger partial charge in [-0.25, -0.2) is 0 Å². The molecule has 0 radical (unpaired) electrons. The van der Waals surface area contributed by atoms with Crippen LogP contribution in [0.15, 0.2) is 18.2 Å². The predicted octanol–water partition coefficient (Wildman–Crippen LogP) is 0.828. The number of benzene rings is 1. The highest BCUT2D eigenvalue weighted by atomic mass is 16.4. The molecule has 0 saturated heterocycles. The zero-order valence-electron chi connectivity index (χ0n) is 9.06. The van der Waals surface area contributed by atoms with E-state index in [0.717, 1.165) is 16.7 Å². The van der Waals surface area contributed by atoms with Crippen LogP contribution < -0.4 is 0 Å². The topological polar surface area (TPSA) is 57.6 Å². The summed E-state index contributed by atoms with van der Waals surface area (Å²) in [6.07, 6.45) is 0.449. The first-order valence-electron chi connectivity index (χ1n) is 5.12. The van der Waals surface area contributed by atoms with E-state index in [0.29, 0.717) is 13.0 Å². The Bertz CT molecular complexity index is 454. The summed E-state index contributed by atoms with van der Waals surface area (Å²) in [6, 6.07) is 5.52. The molecule has 84 valence electrons. The summed E-state index contributed by atoms with van der Waals surface area (Å²) in [5.74, 6) is -0.723. The highest BCUT2D eigenvalue weighted by Crippen LogP contribution is 2.20. The molecule has 4 heteroatoms. The highest BCUT2D eigenvalue weighted by molar-refractivity contribution is 5.80. The van der Waals surface area contributed by atoms with Gasteiger partial charge in [0.15, 0.2) is 0 Å². The van der Waals surface area contributed by atoms with Gasteiger partial charge in [-0.15, -0.1) is 0 Å². The number of carbonyl (C=O) groups is 2. The van der Waals surface area contributed by atoms with Crippen LogP contribution in [0.1, 0.15) is 16.7 Å². The van der Waals surface area contributed by atoms with Crippen molar-refractivity contribution in [3.63, 3.8) is 0 Å². The lowest BCUT2D eigenvalue weighted by atomic mass is 9.96. The lowest BCUT2D eigenvalue weighted by Gasteiger charge is -2.25. The number of amides is 1. The van der Waals surface area contributed by atoms with Gasteiger partial charge in [0.25, 0.3) is 0 Å². The van der Waals surface area contributed by atoms with E-state index in [-0.39, 0.29) is 12.3 Å².